The number of piperazine rings is 1. The van der Waals surface area contributed by atoms with Crippen molar-refractivity contribution in [2.75, 3.05) is 70.2 Å². The average Bonchev–Trinajstić information content (AvgIpc) is 3.21. The van der Waals surface area contributed by atoms with E-state index in [9.17, 15) is 9.59 Å². The Morgan fingerprint density at radius 2 is 1.76 bits per heavy atom. The van der Waals surface area contributed by atoms with Crippen molar-refractivity contribution in [3.05, 3.63) is 53.6 Å². The summed E-state index contributed by atoms with van der Waals surface area (Å²) in [6, 6.07) is 13.7. The molecular weight excluding hydrogens is 430 g/mol. The molecule has 34 heavy (non-hydrogen) atoms. The molecule has 0 bridgehead atoms. The highest BCUT2D eigenvalue weighted by molar-refractivity contribution is 6.39. The zero-order chi connectivity index (χ0) is 24.1. The number of amides is 2. The van der Waals surface area contributed by atoms with Gasteiger partial charge in [-0.2, -0.15) is 0 Å². The third kappa shape index (κ3) is 5.51. The number of rotatable bonds is 7. The number of likely N-dealkylation sites (N-methyl/N-ethyl adjacent to an activating group) is 2. The number of hydrogen-bond donors (Lipinski definition) is 2. The quantitative estimate of drug-likeness (QED) is 0.610. The van der Waals surface area contributed by atoms with Crippen molar-refractivity contribution in [2.45, 2.75) is 19.4 Å². The second-order valence-corrected chi connectivity index (χ2v) is 9.01. The number of benzene rings is 2. The largest absolute Gasteiger partial charge is 0.492 e. The second-order valence-electron chi connectivity index (χ2n) is 9.01. The summed E-state index contributed by atoms with van der Waals surface area (Å²) in [6.45, 7) is 7.54. The predicted molar refractivity (Wildman–Crippen MR) is 134 cm³/mol. The third-order valence-corrected chi connectivity index (χ3v) is 6.69. The molecule has 2 aliphatic rings. The molecule has 2 heterocycles. The number of para-hydroxylation sites is 2. The molecule has 0 spiro atoms. The molecule has 182 valence electrons. The Morgan fingerprint density at radius 1 is 1.00 bits per heavy atom. The minimum absolute atomic E-state index is 0.0115. The van der Waals surface area contributed by atoms with Crippen molar-refractivity contribution in [3.63, 3.8) is 0 Å². The van der Waals surface area contributed by atoms with Crippen LogP contribution in [0.4, 0.5) is 11.4 Å². The van der Waals surface area contributed by atoms with Crippen LogP contribution in [0.15, 0.2) is 42.5 Å². The maximum atomic E-state index is 12.7. The molecule has 4 rings (SSSR count). The first kappa shape index (κ1) is 24.0. The number of fused-ring (bicyclic) bond motifs is 1. The average molecular weight is 466 g/mol. The summed E-state index contributed by atoms with van der Waals surface area (Å²) in [5, 5.41) is 5.56. The van der Waals surface area contributed by atoms with Crippen LogP contribution in [0.25, 0.3) is 0 Å². The summed E-state index contributed by atoms with van der Waals surface area (Å²) in [5.41, 5.74) is 4.29. The summed E-state index contributed by atoms with van der Waals surface area (Å²) in [5.74, 6) is -0.796. The van der Waals surface area contributed by atoms with Gasteiger partial charge in [-0.3, -0.25) is 14.5 Å². The number of hydrogen-bond acceptors (Lipinski definition) is 6. The highest BCUT2D eigenvalue weighted by Crippen LogP contribution is 2.31. The van der Waals surface area contributed by atoms with E-state index in [2.05, 4.69) is 57.6 Å². The summed E-state index contributed by atoms with van der Waals surface area (Å²) in [7, 11) is 4.25. The van der Waals surface area contributed by atoms with Gasteiger partial charge in [0, 0.05) is 52.0 Å². The third-order valence-electron chi connectivity index (χ3n) is 6.69. The summed E-state index contributed by atoms with van der Waals surface area (Å²) >= 11 is 0. The number of nitrogens with one attached hydrogen (secondary N) is 2. The van der Waals surface area contributed by atoms with Gasteiger partial charge < -0.3 is 25.2 Å². The Labute approximate surface area is 201 Å². The fourth-order valence-corrected chi connectivity index (χ4v) is 4.69. The number of carbonyl (C=O) groups excluding carboxylic acids is 2. The van der Waals surface area contributed by atoms with Crippen molar-refractivity contribution in [1.29, 1.82) is 0 Å². The van der Waals surface area contributed by atoms with Crippen LogP contribution in [-0.4, -0.2) is 81.6 Å². The number of ether oxygens (including phenoxy) is 1. The summed E-state index contributed by atoms with van der Waals surface area (Å²) in [6.07, 6.45) is 1.03. The van der Waals surface area contributed by atoms with Gasteiger partial charge in [0.1, 0.15) is 5.75 Å². The van der Waals surface area contributed by atoms with Crippen LogP contribution >= 0.6 is 0 Å². The smallest absolute Gasteiger partial charge is 0.313 e. The fraction of sp³-hybridized carbons (Fsp3) is 0.462. The first-order valence-electron chi connectivity index (χ1n) is 12.0. The van der Waals surface area contributed by atoms with Crippen LogP contribution in [0.1, 0.15) is 24.1 Å². The molecule has 2 aromatic rings. The highest BCUT2D eigenvalue weighted by Gasteiger charge is 2.27. The molecule has 2 amide bonds. The van der Waals surface area contributed by atoms with Gasteiger partial charge in [0.2, 0.25) is 0 Å². The molecule has 2 aromatic carbocycles. The molecule has 1 fully saturated rings. The lowest BCUT2D eigenvalue weighted by molar-refractivity contribution is -0.136. The number of nitrogens with zero attached hydrogens (tertiary/aromatic N) is 3. The Bertz CT molecular complexity index is 1020. The van der Waals surface area contributed by atoms with Gasteiger partial charge in [-0.25, -0.2) is 0 Å². The molecule has 0 unspecified atom stereocenters. The normalized spacial score (nSPS) is 17.2. The van der Waals surface area contributed by atoms with Crippen molar-refractivity contribution in [2.24, 2.45) is 0 Å². The van der Waals surface area contributed by atoms with Crippen molar-refractivity contribution in [3.8, 4) is 5.75 Å². The molecular formula is C26H35N5O3. The summed E-state index contributed by atoms with van der Waals surface area (Å²) < 4.78 is 5.55. The molecule has 8 heteroatoms. The minimum atomic E-state index is -0.695. The van der Waals surface area contributed by atoms with Crippen LogP contribution in [0, 0.1) is 0 Å². The lowest BCUT2D eigenvalue weighted by atomic mass is 10.00. The van der Waals surface area contributed by atoms with Gasteiger partial charge in [-0.1, -0.05) is 24.3 Å². The molecule has 0 saturated carbocycles. The van der Waals surface area contributed by atoms with Crippen LogP contribution in [0.5, 0.6) is 5.75 Å². The van der Waals surface area contributed by atoms with Crippen LogP contribution in [0.2, 0.25) is 0 Å². The number of carbonyl (C=O) groups is 2. The molecule has 2 aliphatic heterocycles. The standard InChI is InChI=1S/C26H35N5O3/c1-4-34-24-8-6-5-7-21(24)28-26(33)25(32)27-18-23(31-15-13-29(2)14-16-31)19-9-10-22-20(17-19)11-12-30(22)3/h5-10,17,23H,4,11-16,18H2,1-3H3,(H,27,32)(H,28,33)/t23-/m1/s1. The monoisotopic (exact) mass is 465 g/mol. The second kappa shape index (κ2) is 10.9. The lowest BCUT2D eigenvalue weighted by Crippen LogP contribution is -2.49. The zero-order valence-electron chi connectivity index (χ0n) is 20.3. The molecule has 1 saturated heterocycles. The van der Waals surface area contributed by atoms with E-state index in [1.54, 1.807) is 18.2 Å². The van der Waals surface area contributed by atoms with E-state index < -0.39 is 11.8 Å². The van der Waals surface area contributed by atoms with E-state index in [1.165, 1.54) is 16.8 Å². The van der Waals surface area contributed by atoms with Crippen LogP contribution in [0.3, 0.4) is 0 Å². The Hall–Kier alpha value is -3.10. The zero-order valence-corrected chi connectivity index (χ0v) is 20.3. The van der Waals surface area contributed by atoms with Gasteiger partial charge in [0.25, 0.3) is 0 Å². The van der Waals surface area contributed by atoms with Crippen LogP contribution < -0.4 is 20.3 Å². The van der Waals surface area contributed by atoms with Crippen molar-refractivity contribution < 1.29 is 14.3 Å². The maximum Gasteiger partial charge on any atom is 0.313 e. The maximum absolute atomic E-state index is 12.7. The molecule has 0 aromatic heterocycles. The number of anilines is 2. The molecule has 2 N–H and O–H groups in total. The van der Waals surface area contributed by atoms with E-state index in [-0.39, 0.29) is 6.04 Å². The topological polar surface area (TPSA) is 77.1 Å². The van der Waals surface area contributed by atoms with Crippen molar-refractivity contribution >= 4 is 23.2 Å². The van der Waals surface area contributed by atoms with Gasteiger partial charge >= 0.3 is 11.8 Å². The first-order chi connectivity index (χ1) is 16.5. The summed E-state index contributed by atoms with van der Waals surface area (Å²) in [4.78, 5) is 32.3. The van der Waals surface area contributed by atoms with Crippen molar-refractivity contribution in [1.82, 2.24) is 15.1 Å². The minimum Gasteiger partial charge on any atom is -0.492 e. The first-order valence-corrected chi connectivity index (χ1v) is 12.0. The molecule has 0 radical (unpaired) electrons. The molecule has 1 atom stereocenters. The van der Waals surface area contributed by atoms with E-state index >= 15 is 0 Å². The highest BCUT2D eigenvalue weighted by atomic mass is 16.5. The molecule has 0 aliphatic carbocycles. The lowest BCUT2D eigenvalue weighted by Gasteiger charge is -2.38. The molecule has 8 nitrogen and oxygen atoms in total. The Morgan fingerprint density at radius 3 is 2.53 bits per heavy atom. The van der Waals surface area contributed by atoms with E-state index in [0.29, 0.717) is 24.6 Å². The predicted octanol–water partition coefficient (Wildman–Crippen LogP) is 2.12. The van der Waals surface area contributed by atoms with E-state index in [4.69, 9.17) is 4.74 Å². The fourth-order valence-electron chi connectivity index (χ4n) is 4.69. The SMILES string of the molecule is CCOc1ccccc1NC(=O)C(=O)NC[C@H](c1ccc2c(c1)CCN2C)N1CCN(C)CC1. The van der Waals surface area contributed by atoms with E-state index in [0.717, 1.165) is 39.1 Å². The van der Waals surface area contributed by atoms with E-state index in [1.807, 2.05) is 13.0 Å². The Kier molecular flexibility index (Phi) is 7.70. The van der Waals surface area contributed by atoms with Gasteiger partial charge in [0.05, 0.1) is 18.3 Å². The van der Waals surface area contributed by atoms with Gasteiger partial charge in [-0.15, -0.1) is 0 Å². The van der Waals surface area contributed by atoms with Gasteiger partial charge in [-0.05, 0) is 49.7 Å². The Balaban J connectivity index is 1.45. The van der Waals surface area contributed by atoms with Crippen LogP contribution in [-0.2, 0) is 16.0 Å². The van der Waals surface area contributed by atoms with Gasteiger partial charge in [0.15, 0.2) is 0 Å².